The van der Waals surface area contributed by atoms with Gasteiger partial charge in [-0.25, -0.2) is 0 Å². The third-order valence-corrected chi connectivity index (χ3v) is 3.99. The highest BCUT2D eigenvalue weighted by atomic mass is 16.5. The largest absolute Gasteiger partial charge is 0.492 e. The number of unbranched alkanes of at least 4 members (excludes halogenated alkanes) is 3. The van der Waals surface area contributed by atoms with Crippen LogP contribution in [-0.2, 0) is 6.42 Å². The molecule has 0 atom stereocenters. The predicted octanol–water partition coefficient (Wildman–Crippen LogP) is 4.80. The van der Waals surface area contributed by atoms with Crippen LogP contribution in [0.4, 0.5) is 0 Å². The Morgan fingerprint density at radius 3 is 2.12 bits per heavy atom. The Hall–Kier alpha value is -2.42. The van der Waals surface area contributed by atoms with Gasteiger partial charge in [0.15, 0.2) is 12.6 Å². The number of rotatable bonds is 10. The van der Waals surface area contributed by atoms with Gasteiger partial charge in [0.2, 0.25) is 0 Å². The van der Waals surface area contributed by atoms with E-state index < -0.39 is 0 Å². The van der Waals surface area contributed by atoms with Crippen LogP contribution in [0, 0.1) is 6.92 Å². The van der Waals surface area contributed by atoms with E-state index in [1.807, 2.05) is 13.0 Å². The maximum Gasteiger partial charge on any atom is 0.153 e. The van der Waals surface area contributed by atoms with Crippen molar-refractivity contribution in [3.8, 4) is 5.75 Å². The average molecular weight is 324 g/mol. The number of hydrogen-bond donors (Lipinski definition) is 0. The Labute approximate surface area is 143 Å². The first-order valence-corrected chi connectivity index (χ1v) is 8.46. The lowest BCUT2D eigenvalue weighted by molar-refractivity contribution is 0.111. The molecule has 0 unspecified atom stereocenters. The fraction of sp³-hybridized carbons (Fsp3) is 0.333. The lowest BCUT2D eigenvalue weighted by atomic mass is 10.1. The van der Waals surface area contributed by atoms with Gasteiger partial charge in [0.05, 0.1) is 17.7 Å². The summed E-state index contributed by atoms with van der Waals surface area (Å²) in [5.41, 5.74) is 3.15. The first kappa shape index (κ1) is 17.9. The molecule has 0 aromatic heterocycles. The zero-order valence-corrected chi connectivity index (χ0v) is 14.2. The summed E-state index contributed by atoms with van der Waals surface area (Å²) in [6.45, 7) is 2.38. The molecule has 0 radical (unpaired) electrons. The zero-order valence-electron chi connectivity index (χ0n) is 14.2. The maximum atomic E-state index is 11.2. The monoisotopic (exact) mass is 324 g/mol. The topological polar surface area (TPSA) is 43.4 Å². The molecule has 126 valence electrons. The number of aryl methyl sites for hydroxylation is 2. The first-order chi connectivity index (χ1) is 11.7. The molecular weight excluding hydrogens is 300 g/mol. The maximum absolute atomic E-state index is 11.2. The van der Waals surface area contributed by atoms with E-state index in [0.717, 1.165) is 50.2 Å². The summed E-state index contributed by atoms with van der Waals surface area (Å²) in [6.07, 6.45) is 6.89. The Morgan fingerprint density at radius 1 is 0.875 bits per heavy atom. The van der Waals surface area contributed by atoms with Gasteiger partial charge in [-0.15, -0.1) is 0 Å². The van der Waals surface area contributed by atoms with Crippen LogP contribution in [-0.4, -0.2) is 19.2 Å². The minimum absolute atomic E-state index is 0.412. The van der Waals surface area contributed by atoms with E-state index in [9.17, 15) is 9.59 Å². The first-order valence-electron chi connectivity index (χ1n) is 8.46. The predicted molar refractivity (Wildman–Crippen MR) is 96.1 cm³/mol. The fourth-order valence-electron chi connectivity index (χ4n) is 2.78. The van der Waals surface area contributed by atoms with Gasteiger partial charge < -0.3 is 4.74 Å². The van der Waals surface area contributed by atoms with Crippen molar-refractivity contribution in [2.24, 2.45) is 0 Å². The molecule has 2 aromatic rings. The Morgan fingerprint density at radius 2 is 1.50 bits per heavy atom. The van der Waals surface area contributed by atoms with Gasteiger partial charge in [-0.05, 0) is 49.4 Å². The quantitative estimate of drug-likeness (QED) is 0.465. The zero-order chi connectivity index (χ0) is 17.2. The summed E-state index contributed by atoms with van der Waals surface area (Å²) in [5.74, 6) is 0.412. The summed E-state index contributed by atoms with van der Waals surface area (Å²) in [5, 5.41) is 0. The van der Waals surface area contributed by atoms with Crippen molar-refractivity contribution in [3.05, 3.63) is 64.7 Å². The standard InChI is InChI=1S/C21H24O3/c1-17-13-19(15-22)21(20(14-17)16-23)24-12-8-3-2-5-9-18-10-6-4-7-11-18/h4,6-7,10-11,13-16H,2-3,5,8-9,12H2,1H3. The molecule has 2 aromatic carbocycles. The highest BCUT2D eigenvalue weighted by Gasteiger charge is 2.10. The second-order valence-corrected chi connectivity index (χ2v) is 6.01. The molecule has 0 N–H and O–H groups in total. The van der Waals surface area contributed by atoms with E-state index in [2.05, 4.69) is 24.3 Å². The van der Waals surface area contributed by atoms with Crippen LogP contribution < -0.4 is 4.74 Å². The number of carbonyl (C=O) groups is 2. The van der Waals surface area contributed by atoms with Gasteiger partial charge >= 0.3 is 0 Å². The van der Waals surface area contributed by atoms with Gasteiger partial charge in [-0.3, -0.25) is 9.59 Å². The number of hydrogen-bond acceptors (Lipinski definition) is 3. The summed E-state index contributed by atoms with van der Waals surface area (Å²) in [6, 6.07) is 14.0. The number of benzene rings is 2. The highest BCUT2D eigenvalue weighted by molar-refractivity contribution is 5.89. The Bertz CT molecular complexity index is 633. The van der Waals surface area contributed by atoms with E-state index >= 15 is 0 Å². The molecule has 0 heterocycles. The summed E-state index contributed by atoms with van der Waals surface area (Å²) in [4.78, 5) is 22.3. The molecule has 0 aliphatic heterocycles. The molecule has 24 heavy (non-hydrogen) atoms. The van der Waals surface area contributed by atoms with Gasteiger partial charge in [-0.2, -0.15) is 0 Å². The SMILES string of the molecule is Cc1cc(C=O)c(OCCCCCCc2ccccc2)c(C=O)c1. The van der Waals surface area contributed by atoms with Crippen molar-refractivity contribution in [2.75, 3.05) is 6.61 Å². The Kier molecular flexibility index (Phi) is 7.21. The third-order valence-electron chi connectivity index (χ3n) is 3.99. The fourth-order valence-corrected chi connectivity index (χ4v) is 2.78. The molecule has 0 aliphatic carbocycles. The van der Waals surface area contributed by atoms with Crippen LogP contribution in [0.3, 0.4) is 0 Å². The summed E-state index contributed by atoms with van der Waals surface area (Å²) < 4.78 is 5.71. The molecule has 0 saturated carbocycles. The Balaban J connectivity index is 1.72. The minimum Gasteiger partial charge on any atom is -0.492 e. The molecular formula is C21H24O3. The van der Waals surface area contributed by atoms with E-state index in [1.165, 1.54) is 5.56 Å². The molecule has 3 heteroatoms. The van der Waals surface area contributed by atoms with Crippen molar-refractivity contribution in [1.29, 1.82) is 0 Å². The third kappa shape index (κ3) is 5.34. The number of carbonyl (C=O) groups excluding carboxylic acids is 2. The molecule has 0 amide bonds. The van der Waals surface area contributed by atoms with Crippen LogP contribution in [0.15, 0.2) is 42.5 Å². The van der Waals surface area contributed by atoms with Gasteiger partial charge in [0.1, 0.15) is 5.75 Å². The molecule has 0 saturated heterocycles. The number of ether oxygens (including phenoxy) is 1. The summed E-state index contributed by atoms with van der Waals surface area (Å²) in [7, 11) is 0. The van der Waals surface area contributed by atoms with E-state index in [-0.39, 0.29) is 0 Å². The lowest BCUT2D eigenvalue weighted by Gasteiger charge is -2.11. The van der Waals surface area contributed by atoms with Gasteiger partial charge in [-0.1, -0.05) is 43.2 Å². The second kappa shape index (κ2) is 9.66. The van der Waals surface area contributed by atoms with E-state index in [0.29, 0.717) is 23.5 Å². The van der Waals surface area contributed by atoms with Crippen molar-refractivity contribution in [2.45, 2.75) is 39.0 Å². The van der Waals surface area contributed by atoms with Crippen molar-refractivity contribution in [1.82, 2.24) is 0 Å². The summed E-state index contributed by atoms with van der Waals surface area (Å²) >= 11 is 0. The molecule has 0 aliphatic rings. The van der Waals surface area contributed by atoms with Crippen molar-refractivity contribution < 1.29 is 14.3 Å². The van der Waals surface area contributed by atoms with Crippen molar-refractivity contribution in [3.63, 3.8) is 0 Å². The second-order valence-electron chi connectivity index (χ2n) is 6.01. The van der Waals surface area contributed by atoms with Crippen LogP contribution in [0.2, 0.25) is 0 Å². The molecule has 0 bridgehead atoms. The van der Waals surface area contributed by atoms with Crippen LogP contribution in [0.5, 0.6) is 5.75 Å². The highest BCUT2D eigenvalue weighted by Crippen LogP contribution is 2.24. The molecule has 0 spiro atoms. The molecule has 0 fully saturated rings. The van der Waals surface area contributed by atoms with E-state index in [4.69, 9.17) is 4.74 Å². The average Bonchev–Trinajstić information content (AvgIpc) is 2.62. The molecule has 2 rings (SSSR count). The molecule has 3 nitrogen and oxygen atoms in total. The van der Waals surface area contributed by atoms with Crippen molar-refractivity contribution >= 4 is 12.6 Å². The van der Waals surface area contributed by atoms with Crippen LogP contribution in [0.1, 0.15) is 57.5 Å². The number of aldehydes is 2. The van der Waals surface area contributed by atoms with Gasteiger partial charge in [0.25, 0.3) is 0 Å². The normalized spacial score (nSPS) is 10.4. The van der Waals surface area contributed by atoms with Crippen LogP contribution >= 0.6 is 0 Å². The lowest BCUT2D eigenvalue weighted by Crippen LogP contribution is -2.04. The van der Waals surface area contributed by atoms with Crippen LogP contribution in [0.25, 0.3) is 0 Å². The van der Waals surface area contributed by atoms with Gasteiger partial charge in [0, 0.05) is 0 Å². The smallest absolute Gasteiger partial charge is 0.153 e. The minimum atomic E-state index is 0.412. The van der Waals surface area contributed by atoms with E-state index in [1.54, 1.807) is 12.1 Å².